The minimum atomic E-state index is -1.71. The van der Waals surface area contributed by atoms with E-state index in [1.165, 1.54) is 0 Å². The van der Waals surface area contributed by atoms with Crippen molar-refractivity contribution in [2.45, 2.75) is 31.3 Å². The molecule has 0 spiro atoms. The van der Waals surface area contributed by atoms with E-state index in [1.807, 2.05) is 0 Å². The van der Waals surface area contributed by atoms with Gasteiger partial charge in [-0.15, -0.1) is 0 Å². The summed E-state index contributed by atoms with van der Waals surface area (Å²) < 4.78 is 0.782. The summed E-state index contributed by atoms with van der Waals surface area (Å²) in [7, 11) is 0. The monoisotopic (exact) mass is 323 g/mol. The van der Waals surface area contributed by atoms with Crippen LogP contribution >= 0.6 is 15.9 Å². The van der Waals surface area contributed by atoms with Crippen molar-refractivity contribution in [1.82, 2.24) is 0 Å². The van der Waals surface area contributed by atoms with Crippen LogP contribution < -0.4 is 5.32 Å². The molecular formula is C14H14BrNO3. The number of rotatable bonds is 1. The van der Waals surface area contributed by atoms with E-state index >= 15 is 0 Å². The Morgan fingerprint density at radius 3 is 2.84 bits per heavy atom. The van der Waals surface area contributed by atoms with Crippen LogP contribution in [0.1, 0.15) is 31.2 Å². The Morgan fingerprint density at radius 1 is 1.32 bits per heavy atom. The number of Topliss-reactive ketones (excluding diaryl/α,β-unsaturated/α-hetero) is 1. The molecule has 0 bridgehead atoms. The number of amides is 1. The van der Waals surface area contributed by atoms with Crippen LogP contribution in [-0.4, -0.2) is 16.8 Å². The van der Waals surface area contributed by atoms with E-state index in [0.29, 0.717) is 24.1 Å². The SMILES string of the molecule is O=C1CCCC[C@@H]1[C@@]1(O)C(=O)Nc2ccc(Br)cc21. The van der Waals surface area contributed by atoms with Crippen LogP contribution in [0.25, 0.3) is 0 Å². The smallest absolute Gasteiger partial charge is 0.261 e. The van der Waals surface area contributed by atoms with Crippen LogP contribution in [0.5, 0.6) is 0 Å². The molecule has 19 heavy (non-hydrogen) atoms. The van der Waals surface area contributed by atoms with Crippen molar-refractivity contribution >= 4 is 33.3 Å². The summed E-state index contributed by atoms with van der Waals surface area (Å²) in [6.07, 6.45) is 2.73. The van der Waals surface area contributed by atoms with Crippen LogP contribution in [0.3, 0.4) is 0 Å². The maximum absolute atomic E-state index is 12.2. The lowest BCUT2D eigenvalue weighted by Crippen LogP contribution is -2.46. The van der Waals surface area contributed by atoms with Gasteiger partial charge in [0, 0.05) is 22.1 Å². The van der Waals surface area contributed by atoms with E-state index in [0.717, 1.165) is 17.3 Å². The third-order valence-corrected chi connectivity index (χ3v) is 4.54. The number of hydrogen-bond donors (Lipinski definition) is 2. The second kappa shape index (κ2) is 4.42. The van der Waals surface area contributed by atoms with Gasteiger partial charge in [-0.2, -0.15) is 0 Å². The molecule has 1 aromatic carbocycles. The van der Waals surface area contributed by atoms with Crippen LogP contribution in [0, 0.1) is 5.92 Å². The summed E-state index contributed by atoms with van der Waals surface area (Å²) in [4.78, 5) is 24.3. The summed E-state index contributed by atoms with van der Waals surface area (Å²) in [5.74, 6) is -1.13. The van der Waals surface area contributed by atoms with Gasteiger partial charge in [0.25, 0.3) is 5.91 Å². The number of carbonyl (C=O) groups is 2. The largest absolute Gasteiger partial charge is 0.375 e. The van der Waals surface area contributed by atoms with Crippen LogP contribution in [0.15, 0.2) is 22.7 Å². The summed E-state index contributed by atoms with van der Waals surface area (Å²) in [5, 5.41) is 13.5. The molecule has 4 nitrogen and oxygen atoms in total. The zero-order valence-electron chi connectivity index (χ0n) is 10.3. The first-order valence-electron chi connectivity index (χ1n) is 6.40. The fraction of sp³-hybridized carbons (Fsp3) is 0.429. The van der Waals surface area contributed by atoms with Gasteiger partial charge in [-0.3, -0.25) is 9.59 Å². The number of fused-ring (bicyclic) bond motifs is 1. The molecule has 2 aliphatic rings. The number of ketones is 1. The molecule has 1 saturated carbocycles. The predicted octanol–water partition coefficient (Wildman–Crippen LogP) is 2.35. The van der Waals surface area contributed by atoms with Gasteiger partial charge < -0.3 is 10.4 Å². The van der Waals surface area contributed by atoms with Crippen LogP contribution in [-0.2, 0) is 15.2 Å². The zero-order chi connectivity index (χ0) is 13.6. The van der Waals surface area contributed by atoms with Gasteiger partial charge in [0.15, 0.2) is 5.60 Å². The molecule has 1 heterocycles. The topological polar surface area (TPSA) is 66.4 Å². The fourth-order valence-corrected chi connectivity index (χ4v) is 3.41. The lowest BCUT2D eigenvalue weighted by molar-refractivity contribution is -0.150. The first-order chi connectivity index (χ1) is 9.03. The number of halogens is 1. The molecule has 1 fully saturated rings. The predicted molar refractivity (Wildman–Crippen MR) is 73.6 cm³/mol. The van der Waals surface area contributed by atoms with E-state index in [-0.39, 0.29) is 5.78 Å². The minimum absolute atomic E-state index is 0.0169. The van der Waals surface area contributed by atoms with Gasteiger partial charge >= 0.3 is 0 Å². The van der Waals surface area contributed by atoms with E-state index in [4.69, 9.17) is 0 Å². The Kier molecular flexibility index (Phi) is 2.98. The average Bonchev–Trinajstić information content (AvgIpc) is 2.64. The first-order valence-corrected chi connectivity index (χ1v) is 7.19. The van der Waals surface area contributed by atoms with E-state index in [2.05, 4.69) is 21.2 Å². The molecule has 0 unspecified atom stereocenters. The lowest BCUT2D eigenvalue weighted by atomic mass is 9.73. The number of nitrogens with one attached hydrogen (secondary N) is 1. The molecule has 1 aliphatic carbocycles. The second-order valence-electron chi connectivity index (χ2n) is 5.18. The summed E-state index contributed by atoms with van der Waals surface area (Å²) in [5.41, 5.74) is -0.613. The van der Waals surface area contributed by atoms with Gasteiger partial charge in [-0.05, 0) is 31.0 Å². The number of aliphatic hydroxyl groups is 1. The summed E-state index contributed by atoms with van der Waals surface area (Å²) in [6.45, 7) is 0. The molecular weight excluding hydrogens is 310 g/mol. The molecule has 2 atom stereocenters. The molecule has 1 aliphatic heterocycles. The Balaban J connectivity index is 2.10. The maximum atomic E-state index is 12.2. The second-order valence-corrected chi connectivity index (χ2v) is 6.09. The molecule has 0 radical (unpaired) electrons. The van der Waals surface area contributed by atoms with Gasteiger partial charge in [0.1, 0.15) is 5.78 Å². The Hall–Kier alpha value is -1.20. The van der Waals surface area contributed by atoms with E-state index < -0.39 is 17.4 Å². The van der Waals surface area contributed by atoms with E-state index in [9.17, 15) is 14.7 Å². The van der Waals surface area contributed by atoms with Crippen molar-refractivity contribution in [2.24, 2.45) is 5.92 Å². The normalized spacial score (nSPS) is 30.1. The van der Waals surface area contributed by atoms with Crippen molar-refractivity contribution in [2.75, 3.05) is 5.32 Å². The highest BCUT2D eigenvalue weighted by molar-refractivity contribution is 9.10. The number of hydrogen-bond acceptors (Lipinski definition) is 3. The average molecular weight is 324 g/mol. The Morgan fingerprint density at radius 2 is 2.11 bits per heavy atom. The highest BCUT2D eigenvalue weighted by Gasteiger charge is 2.53. The minimum Gasteiger partial charge on any atom is -0.375 e. The van der Waals surface area contributed by atoms with Crippen molar-refractivity contribution < 1.29 is 14.7 Å². The molecule has 0 saturated heterocycles. The van der Waals surface area contributed by atoms with Gasteiger partial charge in [-0.1, -0.05) is 22.4 Å². The summed E-state index contributed by atoms with van der Waals surface area (Å²) in [6, 6.07) is 5.26. The third-order valence-electron chi connectivity index (χ3n) is 4.05. The van der Waals surface area contributed by atoms with Gasteiger partial charge in [0.05, 0.1) is 5.92 Å². The molecule has 0 aromatic heterocycles. The summed E-state index contributed by atoms with van der Waals surface area (Å²) >= 11 is 3.34. The highest BCUT2D eigenvalue weighted by atomic mass is 79.9. The van der Waals surface area contributed by atoms with Gasteiger partial charge in [-0.25, -0.2) is 0 Å². The number of benzene rings is 1. The Labute approximate surface area is 119 Å². The standard InChI is InChI=1S/C14H14BrNO3/c15-8-5-6-11-10(7-8)14(19,13(18)16-11)9-3-1-2-4-12(9)17/h5-7,9,19H,1-4H2,(H,16,18)/t9-,14-/m0/s1. The fourth-order valence-electron chi connectivity index (χ4n) is 3.05. The maximum Gasteiger partial charge on any atom is 0.261 e. The lowest BCUT2D eigenvalue weighted by Gasteiger charge is -2.32. The van der Waals surface area contributed by atoms with Crippen molar-refractivity contribution in [3.8, 4) is 0 Å². The quantitative estimate of drug-likeness (QED) is 0.833. The molecule has 2 N–H and O–H groups in total. The first kappa shape index (κ1) is 12.8. The highest BCUT2D eigenvalue weighted by Crippen LogP contribution is 2.45. The van der Waals surface area contributed by atoms with Crippen molar-refractivity contribution in [3.63, 3.8) is 0 Å². The zero-order valence-corrected chi connectivity index (χ0v) is 11.9. The van der Waals surface area contributed by atoms with Crippen molar-refractivity contribution in [1.29, 1.82) is 0 Å². The third kappa shape index (κ3) is 1.83. The molecule has 100 valence electrons. The number of carbonyl (C=O) groups excluding carboxylic acids is 2. The molecule has 3 rings (SSSR count). The number of anilines is 1. The molecule has 5 heteroatoms. The van der Waals surface area contributed by atoms with Crippen molar-refractivity contribution in [3.05, 3.63) is 28.2 Å². The van der Waals surface area contributed by atoms with Crippen LogP contribution in [0.4, 0.5) is 5.69 Å². The molecule has 1 amide bonds. The van der Waals surface area contributed by atoms with E-state index in [1.54, 1.807) is 18.2 Å². The van der Waals surface area contributed by atoms with Gasteiger partial charge in [0.2, 0.25) is 0 Å². The Bertz CT molecular complexity index is 572. The van der Waals surface area contributed by atoms with Crippen LogP contribution in [0.2, 0.25) is 0 Å². The molecule has 1 aromatic rings.